The van der Waals surface area contributed by atoms with Gasteiger partial charge in [-0.25, -0.2) is 18.4 Å². The molecule has 0 heterocycles. The third kappa shape index (κ3) is 8.76. The van der Waals surface area contributed by atoms with Crippen LogP contribution in [0.3, 0.4) is 0 Å². The lowest BCUT2D eigenvalue weighted by Crippen LogP contribution is -2.17. The van der Waals surface area contributed by atoms with Gasteiger partial charge in [-0.05, 0) is 32.3 Å². The second-order valence-electron chi connectivity index (χ2n) is 4.02. The minimum atomic E-state index is -3.89. The van der Waals surface area contributed by atoms with Crippen LogP contribution in [-0.2, 0) is 14.8 Å². The van der Waals surface area contributed by atoms with E-state index in [-0.39, 0.29) is 10.5 Å². The predicted octanol–water partition coefficient (Wildman–Crippen LogP) is 2.10. The number of primary sulfonamides is 1. The number of hydrogen-bond donors (Lipinski definition) is 1. The van der Waals surface area contributed by atoms with E-state index in [4.69, 9.17) is 5.14 Å². The molecule has 0 aromatic heterocycles. The molecule has 0 unspecified atom stereocenters. The summed E-state index contributed by atoms with van der Waals surface area (Å²) in [6.45, 7) is 10.6. The van der Waals surface area contributed by atoms with Gasteiger partial charge in [0.1, 0.15) is 0 Å². The van der Waals surface area contributed by atoms with E-state index in [2.05, 4.69) is 30.5 Å². The number of carbonyl (C=O) groups is 1. The molecule has 1 aromatic carbocycles. The van der Waals surface area contributed by atoms with Crippen LogP contribution in [0.5, 0.6) is 0 Å². The minimum Gasteiger partial charge on any atom is -0.465 e. The molecular formula is C15H28N2O4S. The first-order valence-corrected chi connectivity index (χ1v) is 8.71. The van der Waals surface area contributed by atoms with Gasteiger partial charge in [-0.1, -0.05) is 39.8 Å². The molecule has 0 fully saturated rings. The van der Waals surface area contributed by atoms with Crippen LogP contribution in [-0.4, -0.2) is 46.5 Å². The smallest absolute Gasteiger partial charge is 0.339 e. The van der Waals surface area contributed by atoms with Gasteiger partial charge in [0.2, 0.25) is 10.0 Å². The molecule has 0 spiro atoms. The highest BCUT2D eigenvalue weighted by atomic mass is 32.2. The summed E-state index contributed by atoms with van der Waals surface area (Å²) in [5, 5.41) is 4.91. The lowest BCUT2D eigenvalue weighted by Gasteiger charge is -2.07. The average molecular weight is 332 g/mol. The van der Waals surface area contributed by atoms with Crippen molar-refractivity contribution in [2.45, 2.75) is 32.6 Å². The highest BCUT2D eigenvalue weighted by Gasteiger charge is 2.18. The third-order valence-corrected chi connectivity index (χ3v) is 3.65. The van der Waals surface area contributed by atoms with Gasteiger partial charge in [0.25, 0.3) is 0 Å². The zero-order valence-corrected chi connectivity index (χ0v) is 15.1. The SMILES string of the molecule is CC.CCN(C)CC.COC(=O)c1ccccc1S(N)(=O)=O. The summed E-state index contributed by atoms with van der Waals surface area (Å²) in [7, 11) is -0.609. The Kier molecular flexibility index (Phi) is 12.6. The molecule has 1 aromatic rings. The minimum absolute atomic E-state index is 0.0579. The number of ether oxygens (including phenoxy) is 1. The fraction of sp³-hybridized carbons (Fsp3) is 0.533. The van der Waals surface area contributed by atoms with Gasteiger partial charge in [-0.3, -0.25) is 0 Å². The van der Waals surface area contributed by atoms with Crippen LogP contribution in [0.2, 0.25) is 0 Å². The number of methoxy groups -OCH3 is 1. The van der Waals surface area contributed by atoms with E-state index in [0.717, 1.165) is 13.1 Å². The number of benzene rings is 1. The summed E-state index contributed by atoms with van der Waals surface area (Å²) < 4.78 is 26.5. The zero-order valence-electron chi connectivity index (χ0n) is 14.3. The van der Waals surface area contributed by atoms with E-state index in [1.165, 1.54) is 31.4 Å². The average Bonchev–Trinajstić information content (AvgIpc) is 2.55. The second-order valence-corrected chi connectivity index (χ2v) is 5.55. The summed E-state index contributed by atoms with van der Waals surface area (Å²) >= 11 is 0. The van der Waals surface area contributed by atoms with Crippen LogP contribution in [0, 0.1) is 0 Å². The van der Waals surface area contributed by atoms with Gasteiger partial charge in [0.05, 0.1) is 17.6 Å². The molecule has 0 saturated carbocycles. The standard InChI is InChI=1S/C8H9NO4S.C5H13N.C2H6/c1-13-8(10)6-4-2-3-5-7(6)14(9,11)12;1-4-6(3)5-2;1-2/h2-5H,1H3,(H2,9,11,12);4-5H2,1-3H3;1-2H3. The number of carbonyl (C=O) groups excluding carboxylic acids is 1. The monoisotopic (exact) mass is 332 g/mol. The molecule has 1 rings (SSSR count). The van der Waals surface area contributed by atoms with E-state index >= 15 is 0 Å². The molecule has 0 amide bonds. The van der Waals surface area contributed by atoms with Crippen molar-refractivity contribution in [2.75, 3.05) is 27.2 Å². The number of hydrogen-bond acceptors (Lipinski definition) is 5. The van der Waals surface area contributed by atoms with Gasteiger partial charge in [-0.2, -0.15) is 0 Å². The molecule has 0 bridgehead atoms. The first-order chi connectivity index (χ1) is 10.3. The van der Waals surface area contributed by atoms with Crippen LogP contribution < -0.4 is 5.14 Å². The van der Waals surface area contributed by atoms with Crippen molar-refractivity contribution in [1.82, 2.24) is 4.90 Å². The predicted molar refractivity (Wildman–Crippen MR) is 89.3 cm³/mol. The number of nitrogens with two attached hydrogens (primary N) is 1. The molecule has 22 heavy (non-hydrogen) atoms. The number of esters is 1. The molecule has 0 aliphatic carbocycles. The van der Waals surface area contributed by atoms with Crippen LogP contribution in [0.1, 0.15) is 38.1 Å². The third-order valence-electron chi connectivity index (χ3n) is 2.68. The summed E-state index contributed by atoms with van der Waals surface area (Å²) in [6.07, 6.45) is 0. The maximum atomic E-state index is 11.1. The van der Waals surface area contributed by atoms with E-state index in [0.29, 0.717) is 0 Å². The summed E-state index contributed by atoms with van der Waals surface area (Å²) in [4.78, 5) is 13.2. The Balaban J connectivity index is 0. The highest BCUT2D eigenvalue weighted by Crippen LogP contribution is 2.14. The van der Waals surface area contributed by atoms with E-state index in [1.807, 2.05) is 13.8 Å². The van der Waals surface area contributed by atoms with E-state index in [1.54, 1.807) is 0 Å². The molecule has 0 saturated heterocycles. The van der Waals surface area contributed by atoms with Crippen molar-refractivity contribution in [3.63, 3.8) is 0 Å². The molecule has 0 aliphatic rings. The van der Waals surface area contributed by atoms with Gasteiger partial charge in [-0.15, -0.1) is 0 Å². The van der Waals surface area contributed by atoms with Crippen LogP contribution in [0.4, 0.5) is 0 Å². The summed E-state index contributed by atoms with van der Waals surface area (Å²) in [5.41, 5.74) is -0.0579. The first-order valence-electron chi connectivity index (χ1n) is 7.16. The van der Waals surface area contributed by atoms with Crippen LogP contribution >= 0.6 is 0 Å². The topological polar surface area (TPSA) is 89.7 Å². The Morgan fingerprint density at radius 2 is 1.64 bits per heavy atom. The van der Waals surface area contributed by atoms with Crippen molar-refractivity contribution in [2.24, 2.45) is 5.14 Å². The van der Waals surface area contributed by atoms with Gasteiger partial charge in [0.15, 0.2) is 0 Å². The molecule has 6 nitrogen and oxygen atoms in total. The van der Waals surface area contributed by atoms with Crippen LogP contribution in [0.25, 0.3) is 0 Å². The lowest BCUT2D eigenvalue weighted by atomic mass is 10.2. The van der Waals surface area contributed by atoms with Crippen molar-refractivity contribution < 1.29 is 17.9 Å². The fourth-order valence-corrected chi connectivity index (χ4v) is 1.94. The fourth-order valence-electron chi connectivity index (χ4n) is 1.22. The van der Waals surface area contributed by atoms with Crippen molar-refractivity contribution >= 4 is 16.0 Å². The summed E-state index contributed by atoms with van der Waals surface area (Å²) in [5.74, 6) is -0.727. The van der Waals surface area contributed by atoms with Crippen molar-refractivity contribution in [3.05, 3.63) is 29.8 Å². The molecular weight excluding hydrogens is 304 g/mol. The van der Waals surface area contributed by atoms with Gasteiger partial charge < -0.3 is 9.64 Å². The van der Waals surface area contributed by atoms with Gasteiger partial charge in [0, 0.05) is 0 Å². The Bertz CT molecular complexity index is 526. The van der Waals surface area contributed by atoms with E-state index in [9.17, 15) is 13.2 Å². The number of nitrogens with zero attached hydrogens (tertiary/aromatic N) is 1. The molecule has 128 valence electrons. The lowest BCUT2D eigenvalue weighted by molar-refractivity contribution is 0.0596. The van der Waals surface area contributed by atoms with E-state index < -0.39 is 16.0 Å². The maximum absolute atomic E-state index is 11.1. The molecule has 2 N–H and O–H groups in total. The largest absolute Gasteiger partial charge is 0.465 e. The van der Waals surface area contributed by atoms with Crippen molar-refractivity contribution in [3.8, 4) is 0 Å². The Morgan fingerprint density at radius 1 is 1.18 bits per heavy atom. The number of sulfonamides is 1. The zero-order chi connectivity index (χ0) is 17.8. The molecule has 0 atom stereocenters. The van der Waals surface area contributed by atoms with Gasteiger partial charge >= 0.3 is 5.97 Å². The molecule has 0 radical (unpaired) electrons. The normalized spacial score (nSPS) is 10.0. The van der Waals surface area contributed by atoms with Crippen molar-refractivity contribution in [1.29, 1.82) is 0 Å². The quantitative estimate of drug-likeness (QED) is 0.853. The maximum Gasteiger partial charge on any atom is 0.339 e. The Labute approximate surface area is 134 Å². The molecule has 0 aliphatic heterocycles. The van der Waals surface area contributed by atoms with Crippen LogP contribution in [0.15, 0.2) is 29.2 Å². The Hall–Kier alpha value is -1.44. The Morgan fingerprint density at radius 3 is 1.95 bits per heavy atom. The number of rotatable bonds is 4. The first kappa shape index (κ1) is 22.8. The summed E-state index contributed by atoms with van der Waals surface area (Å²) in [6, 6.07) is 5.60. The second kappa shape index (κ2) is 12.1. The highest BCUT2D eigenvalue weighted by molar-refractivity contribution is 7.89. The molecule has 7 heteroatoms.